The highest BCUT2D eigenvalue weighted by atomic mass is 35.5. The summed E-state index contributed by atoms with van der Waals surface area (Å²) in [5, 5.41) is 3.86. The molecule has 0 amide bonds. The first-order valence-electron chi connectivity index (χ1n) is 8.45. The molecule has 0 radical (unpaired) electrons. The lowest BCUT2D eigenvalue weighted by Gasteiger charge is -2.39. The summed E-state index contributed by atoms with van der Waals surface area (Å²) in [5.41, 5.74) is 0.967. The molecule has 0 spiro atoms. The Hall–Kier alpha value is -0.760. The summed E-state index contributed by atoms with van der Waals surface area (Å²) in [6, 6.07) is 5.53. The van der Waals surface area contributed by atoms with Crippen LogP contribution in [-0.4, -0.2) is 6.04 Å². The van der Waals surface area contributed by atoms with Gasteiger partial charge in [-0.05, 0) is 42.9 Å². The quantitative estimate of drug-likeness (QED) is 0.718. The minimum absolute atomic E-state index is 0.213. The molecule has 0 saturated heterocycles. The number of anilines is 1. The van der Waals surface area contributed by atoms with Crippen molar-refractivity contribution in [1.29, 1.82) is 0 Å². The molecule has 1 nitrogen and oxygen atoms in total. The van der Waals surface area contributed by atoms with Gasteiger partial charge in [-0.1, -0.05) is 56.5 Å². The van der Waals surface area contributed by atoms with Crippen LogP contribution in [-0.2, 0) is 0 Å². The first-order chi connectivity index (χ1) is 10.2. The molecule has 2 unspecified atom stereocenters. The normalized spacial score (nSPS) is 27.5. The third-order valence-electron chi connectivity index (χ3n) is 5.35. The van der Waals surface area contributed by atoms with E-state index in [1.54, 1.807) is 6.07 Å². The SMILES string of the molecule is Fc1ccc(NC2CCCCC2C2CCCCC2)cc1Cl. The van der Waals surface area contributed by atoms with Crippen LogP contribution in [0.2, 0.25) is 5.02 Å². The highest BCUT2D eigenvalue weighted by molar-refractivity contribution is 6.31. The lowest BCUT2D eigenvalue weighted by molar-refractivity contribution is 0.180. The summed E-state index contributed by atoms with van der Waals surface area (Å²) < 4.78 is 13.3. The molecule has 1 aromatic rings. The van der Waals surface area contributed by atoms with Gasteiger partial charge >= 0.3 is 0 Å². The highest BCUT2D eigenvalue weighted by Gasteiger charge is 2.32. The van der Waals surface area contributed by atoms with Crippen LogP contribution in [0.5, 0.6) is 0 Å². The topological polar surface area (TPSA) is 12.0 Å². The second-order valence-corrected chi connectivity index (χ2v) is 7.13. The molecule has 2 fully saturated rings. The molecular formula is C18H25ClFN. The fraction of sp³-hybridized carbons (Fsp3) is 0.667. The van der Waals surface area contributed by atoms with E-state index in [-0.39, 0.29) is 10.8 Å². The van der Waals surface area contributed by atoms with E-state index in [2.05, 4.69) is 5.32 Å². The van der Waals surface area contributed by atoms with Gasteiger partial charge in [0.25, 0.3) is 0 Å². The summed E-state index contributed by atoms with van der Waals surface area (Å²) in [7, 11) is 0. The van der Waals surface area contributed by atoms with Crippen molar-refractivity contribution in [3.8, 4) is 0 Å². The fourth-order valence-electron chi connectivity index (χ4n) is 4.27. The van der Waals surface area contributed by atoms with Gasteiger partial charge in [0.15, 0.2) is 0 Å². The van der Waals surface area contributed by atoms with E-state index in [4.69, 9.17) is 11.6 Å². The molecule has 0 heterocycles. The van der Waals surface area contributed by atoms with Gasteiger partial charge in [-0.15, -0.1) is 0 Å². The van der Waals surface area contributed by atoms with Crippen LogP contribution in [0, 0.1) is 17.7 Å². The third kappa shape index (κ3) is 3.71. The minimum atomic E-state index is -0.338. The Morgan fingerprint density at radius 1 is 0.952 bits per heavy atom. The van der Waals surface area contributed by atoms with Gasteiger partial charge in [0, 0.05) is 11.7 Å². The van der Waals surface area contributed by atoms with Crippen molar-refractivity contribution in [2.75, 3.05) is 5.32 Å². The van der Waals surface area contributed by atoms with Crippen LogP contribution in [0.4, 0.5) is 10.1 Å². The maximum absolute atomic E-state index is 13.3. The molecule has 1 N–H and O–H groups in total. The zero-order valence-corrected chi connectivity index (χ0v) is 13.3. The third-order valence-corrected chi connectivity index (χ3v) is 5.64. The zero-order chi connectivity index (χ0) is 14.7. The van der Waals surface area contributed by atoms with E-state index in [1.807, 2.05) is 6.07 Å². The molecule has 2 aliphatic rings. The highest BCUT2D eigenvalue weighted by Crippen LogP contribution is 2.39. The van der Waals surface area contributed by atoms with Gasteiger partial charge in [-0.25, -0.2) is 4.39 Å². The lowest BCUT2D eigenvalue weighted by atomic mass is 9.71. The van der Waals surface area contributed by atoms with E-state index in [0.29, 0.717) is 6.04 Å². The Kier molecular flexibility index (Phi) is 5.05. The van der Waals surface area contributed by atoms with E-state index in [0.717, 1.165) is 17.5 Å². The van der Waals surface area contributed by atoms with Crippen LogP contribution < -0.4 is 5.32 Å². The molecule has 3 heteroatoms. The Morgan fingerprint density at radius 2 is 1.67 bits per heavy atom. The maximum Gasteiger partial charge on any atom is 0.141 e. The molecule has 3 rings (SSSR count). The zero-order valence-electron chi connectivity index (χ0n) is 12.6. The predicted octanol–water partition coefficient (Wildman–Crippen LogP) is 6.03. The van der Waals surface area contributed by atoms with Crippen molar-refractivity contribution >= 4 is 17.3 Å². The molecule has 2 saturated carbocycles. The molecule has 0 bridgehead atoms. The number of nitrogens with one attached hydrogen (secondary N) is 1. The molecule has 2 atom stereocenters. The van der Waals surface area contributed by atoms with E-state index < -0.39 is 0 Å². The van der Waals surface area contributed by atoms with Gasteiger partial charge in [0.05, 0.1) is 5.02 Å². The molecular weight excluding hydrogens is 285 g/mol. The van der Waals surface area contributed by atoms with Gasteiger partial charge in [0.2, 0.25) is 0 Å². The van der Waals surface area contributed by atoms with Crippen LogP contribution >= 0.6 is 11.6 Å². The smallest absolute Gasteiger partial charge is 0.141 e. The summed E-state index contributed by atoms with van der Waals surface area (Å²) in [6.07, 6.45) is 12.2. The van der Waals surface area contributed by atoms with Gasteiger partial charge in [-0.3, -0.25) is 0 Å². The van der Waals surface area contributed by atoms with E-state index in [9.17, 15) is 4.39 Å². The van der Waals surface area contributed by atoms with Crippen molar-refractivity contribution in [3.05, 3.63) is 29.0 Å². The van der Waals surface area contributed by atoms with Crippen LogP contribution in [0.1, 0.15) is 57.8 Å². The number of rotatable bonds is 3. The second-order valence-electron chi connectivity index (χ2n) is 6.73. The Bertz CT molecular complexity index is 470. The second kappa shape index (κ2) is 7.00. The van der Waals surface area contributed by atoms with Crippen molar-refractivity contribution in [1.82, 2.24) is 0 Å². The monoisotopic (exact) mass is 309 g/mol. The van der Waals surface area contributed by atoms with Gasteiger partial charge in [-0.2, -0.15) is 0 Å². The molecule has 2 aliphatic carbocycles. The molecule has 21 heavy (non-hydrogen) atoms. The minimum Gasteiger partial charge on any atom is -0.382 e. The summed E-state index contributed by atoms with van der Waals surface area (Å²) in [6.45, 7) is 0. The molecule has 0 aliphatic heterocycles. The lowest BCUT2D eigenvalue weighted by Crippen LogP contribution is -2.37. The predicted molar refractivity (Wildman–Crippen MR) is 87.4 cm³/mol. The number of halogens is 2. The Morgan fingerprint density at radius 3 is 2.43 bits per heavy atom. The summed E-state index contributed by atoms with van der Waals surface area (Å²) in [4.78, 5) is 0. The number of hydrogen-bond donors (Lipinski definition) is 1. The van der Waals surface area contributed by atoms with Gasteiger partial charge in [0.1, 0.15) is 5.82 Å². The van der Waals surface area contributed by atoms with Crippen molar-refractivity contribution in [2.45, 2.75) is 63.8 Å². The van der Waals surface area contributed by atoms with E-state index >= 15 is 0 Å². The fourth-order valence-corrected chi connectivity index (χ4v) is 4.45. The summed E-state index contributed by atoms with van der Waals surface area (Å²) >= 11 is 5.90. The van der Waals surface area contributed by atoms with Crippen molar-refractivity contribution in [3.63, 3.8) is 0 Å². The van der Waals surface area contributed by atoms with Crippen molar-refractivity contribution in [2.24, 2.45) is 11.8 Å². The van der Waals surface area contributed by atoms with Crippen LogP contribution in [0.3, 0.4) is 0 Å². The van der Waals surface area contributed by atoms with Gasteiger partial charge < -0.3 is 5.32 Å². The first kappa shape index (κ1) is 15.1. The molecule has 0 aromatic heterocycles. The van der Waals surface area contributed by atoms with E-state index in [1.165, 1.54) is 63.9 Å². The Balaban J connectivity index is 1.69. The largest absolute Gasteiger partial charge is 0.382 e. The first-order valence-corrected chi connectivity index (χ1v) is 8.83. The van der Waals surface area contributed by atoms with Crippen LogP contribution in [0.15, 0.2) is 18.2 Å². The standard InChI is InChI=1S/C18H25ClFN/c19-16-12-14(10-11-17(16)20)21-18-9-5-4-8-15(18)13-6-2-1-3-7-13/h10-13,15,18,21H,1-9H2. The number of hydrogen-bond acceptors (Lipinski definition) is 1. The Labute approximate surface area is 132 Å². The van der Waals surface area contributed by atoms with Crippen LogP contribution in [0.25, 0.3) is 0 Å². The molecule has 1 aromatic carbocycles. The average molecular weight is 310 g/mol. The molecule has 116 valence electrons. The maximum atomic E-state index is 13.3. The van der Waals surface area contributed by atoms with Crippen molar-refractivity contribution < 1.29 is 4.39 Å². The summed E-state index contributed by atoms with van der Waals surface area (Å²) in [5.74, 6) is 1.32. The average Bonchev–Trinajstić information content (AvgIpc) is 2.52. The number of benzene rings is 1.